The molecular weight excluding hydrogens is 539 g/mol. The van der Waals surface area contributed by atoms with Crippen molar-refractivity contribution in [3.05, 3.63) is 101 Å². The molecule has 0 spiro atoms. The fourth-order valence-electron chi connectivity index (χ4n) is 4.88. The lowest BCUT2D eigenvalue weighted by Gasteiger charge is -2.29. The van der Waals surface area contributed by atoms with Gasteiger partial charge in [0.25, 0.3) is 5.91 Å². The number of ether oxygens (including phenoxy) is 1. The lowest BCUT2D eigenvalue weighted by molar-refractivity contribution is 0.0791. The summed E-state index contributed by atoms with van der Waals surface area (Å²) in [6, 6.07) is 18.2. The Morgan fingerprint density at radius 1 is 1.21 bits per heavy atom. The summed E-state index contributed by atoms with van der Waals surface area (Å²) in [5, 5.41) is -0.527. The largest absolute Gasteiger partial charge is 0.495 e. The number of rotatable bonds is 10. The fourth-order valence-corrected chi connectivity index (χ4v) is 6.56. The number of likely N-dealkylation sites (tertiary alicyclic amines) is 1. The highest BCUT2D eigenvalue weighted by Crippen LogP contribution is 2.36. The molecule has 1 aliphatic heterocycles. The smallest absolute Gasteiger partial charge is 0.255 e. The van der Waals surface area contributed by atoms with E-state index in [1.54, 1.807) is 36.2 Å². The van der Waals surface area contributed by atoms with E-state index in [1.165, 1.54) is 19.2 Å². The SMILES string of the molecule is C=CN(c1cc(S(=O)(=O)C(C)CCc2ccccc2)ccc1OC)C1CCN(C(=O)c2ccc(F)cc2Cl)C1. The lowest BCUT2D eigenvalue weighted by atomic mass is 10.1. The van der Waals surface area contributed by atoms with Crippen molar-refractivity contribution in [2.45, 2.75) is 42.4 Å². The summed E-state index contributed by atoms with van der Waals surface area (Å²) in [5.41, 5.74) is 1.89. The van der Waals surface area contributed by atoms with Crippen LogP contribution < -0.4 is 9.64 Å². The Labute approximate surface area is 234 Å². The summed E-state index contributed by atoms with van der Waals surface area (Å²) >= 11 is 6.12. The number of sulfone groups is 1. The van der Waals surface area contributed by atoms with E-state index < -0.39 is 20.9 Å². The van der Waals surface area contributed by atoms with E-state index in [0.29, 0.717) is 43.8 Å². The van der Waals surface area contributed by atoms with Gasteiger partial charge in [-0.2, -0.15) is 0 Å². The molecule has 0 saturated carbocycles. The van der Waals surface area contributed by atoms with Gasteiger partial charge in [0.2, 0.25) is 0 Å². The van der Waals surface area contributed by atoms with Crippen molar-refractivity contribution in [1.29, 1.82) is 0 Å². The first-order chi connectivity index (χ1) is 18.6. The zero-order valence-corrected chi connectivity index (χ0v) is 23.6. The molecule has 6 nitrogen and oxygen atoms in total. The second-order valence-electron chi connectivity index (χ2n) is 9.62. The highest BCUT2D eigenvalue weighted by Gasteiger charge is 2.33. The van der Waals surface area contributed by atoms with Crippen LogP contribution >= 0.6 is 11.6 Å². The molecule has 9 heteroatoms. The van der Waals surface area contributed by atoms with Crippen molar-refractivity contribution in [2.24, 2.45) is 0 Å². The molecule has 0 aliphatic carbocycles. The Morgan fingerprint density at radius 3 is 2.62 bits per heavy atom. The third-order valence-corrected chi connectivity index (χ3v) is 9.69. The van der Waals surface area contributed by atoms with Crippen LogP contribution in [0.3, 0.4) is 0 Å². The molecule has 4 rings (SSSR count). The number of halogens is 2. The number of hydrogen-bond donors (Lipinski definition) is 0. The number of nitrogens with zero attached hydrogens (tertiary/aromatic N) is 2. The Kier molecular flexibility index (Phi) is 8.97. The number of amides is 1. The van der Waals surface area contributed by atoms with Gasteiger partial charge in [0.1, 0.15) is 11.6 Å². The van der Waals surface area contributed by atoms with Gasteiger partial charge in [0.15, 0.2) is 9.84 Å². The Hall–Kier alpha value is -3.36. The van der Waals surface area contributed by atoms with Crippen LogP contribution in [0.2, 0.25) is 5.02 Å². The highest BCUT2D eigenvalue weighted by molar-refractivity contribution is 7.92. The summed E-state index contributed by atoms with van der Waals surface area (Å²) < 4.78 is 46.1. The van der Waals surface area contributed by atoms with E-state index in [9.17, 15) is 17.6 Å². The van der Waals surface area contributed by atoms with Gasteiger partial charge < -0.3 is 14.5 Å². The predicted octanol–water partition coefficient (Wildman–Crippen LogP) is 6.15. The van der Waals surface area contributed by atoms with E-state index in [0.717, 1.165) is 11.6 Å². The first-order valence-electron chi connectivity index (χ1n) is 12.8. The molecule has 1 heterocycles. The minimum absolute atomic E-state index is 0.0602. The summed E-state index contributed by atoms with van der Waals surface area (Å²) in [4.78, 5) is 16.8. The zero-order valence-electron chi connectivity index (χ0n) is 22.0. The highest BCUT2D eigenvalue weighted by atomic mass is 35.5. The van der Waals surface area contributed by atoms with Crippen molar-refractivity contribution in [3.63, 3.8) is 0 Å². The van der Waals surface area contributed by atoms with Gasteiger partial charge >= 0.3 is 0 Å². The van der Waals surface area contributed by atoms with Crippen molar-refractivity contribution < 1.29 is 22.3 Å². The molecule has 1 amide bonds. The first-order valence-corrected chi connectivity index (χ1v) is 14.7. The standard InChI is InChI=1S/C30H32ClFN2O4S/c1-4-34(24-16-17-33(20-24)30(35)26-14-12-23(32)18-27(26)31)28-19-25(13-15-29(28)38-3)39(36,37)21(2)10-11-22-8-6-5-7-9-22/h4-9,12-15,18-19,21,24H,1,10-11,16-17,20H2,2-3H3. The van der Waals surface area contributed by atoms with Gasteiger partial charge in [0, 0.05) is 13.1 Å². The number of carbonyl (C=O) groups excluding carboxylic acids is 1. The average molecular weight is 571 g/mol. The molecule has 206 valence electrons. The van der Waals surface area contributed by atoms with E-state index in [4.69, 9.17) is 16.3 Å². The summed E-state index contributed by atoms with van der Waals surface area (Å²) in [6.07, 6.45) is 3.39. The molecule has 0 N–H and O–H groups in total. The Morgan fingerprint density at radius 2 is 1.95 bits per heavy atom. The minimum atomic E-state index is -3.62. The number of benzene rings is 3. The minimum Gasteiger partial charge on any atom is -0.495 e. The summed E-state index contributed by atoms with van der Waals surface area (Å²) in [7, 11) is -2.09. The maximum atomic E-state index is 13.5. The quantitative estimate of drug-likeness (QED) is 0.293. The van der Waals surface area contributed by atoms with Crippen molar-refractivity contribution >= 4 is 33.0 Å². The normalized spacial score (nSPS) is 16.1. The van der Waals surface area contributed by atoms with Crippen LogP contribution in [0.25, 0.3) is 0 Å². The number of aryl methyl sites for hydroxylation is 1. The third-order valence-electron chi connectivity index (χ3n) is 7.17. The molecule has 1 aliphatic rings. The van der Waals surface area contributed by atoms with E-state index in [-0.39, 0.29) is 27.4 Å². The summed E-state index contributed by atoms with van der Waals surface area (Å²) in [6.45, 7) is 6.49. The Bertz CT molecular complexity index is 1450. The van der Waals surface area contributed by atoms with Crippen LogP contribution in [-0.2, 0) is 16.3 Å². The molecule has 3 aromatic carbocycles. The van der Waals surface area contributed by atoms with Gasteiger partial charge in [-0.15, -0.1) is 0 Å². The maximum Gasteiger partial charge on any atom is 0.255 e. The molecule has 1 saturated heterocycles. The molecule has 3 aromatic rings. The predicted molar refractivity (Wildman–Crippen MR) is 153 cm³/mol. The average Bonchev–Trinajstić information content (AvgIpc) is 3.42. The molecule has 2 unspecified atom stereocenters. The number of anilines is 1. The zero-order chi connectivity index (χ0) is 28.2. The van der Waals surface area contributed by atoms with Gasteiger partial charge in [-0.1, -0.05) is 48.5 Å². The van der Waals surface area contributed by atoms with Gasteiger partial charge in [-0.3, -0.25) is 4.79 Å². The summed E-state index contributed by atoms with van der Waals surface area (Å²) in [5.74, 6) is -0.302. The van der Waals surface area contributed by atoms with Gasteiger partial charge in [0.05, 0.1) is 39.6 Å². The first kappa shape index (κ1) is 28.6. The third kappa shape index (κ3) is 6.28. The molecule has 0 bridgehead atoms. The van der Waals surface area contributed by atoms with E-state index in [1.807, 2.05) is 35.2 Å². The molecule has 2 atom stereocenters. The fraction of sp³-hybridized carbons (Fsp3) is 0.300. The molecule has 39 heavy (non-hydrogen) atoms. The van der Waals surface area contributed by atoms with Gasteiger partial charge in [-0.25, -0.2) is 12.8 Å². The van der Waals surface area contributed by atoms with Crippen molar-refractivity contribution in [2.75, 3.05) is 25.1 Å². The monoisotopic (exact) mass is 570 g/mol. The second kappa shape index (κ2) is 12.2. The van der Waals surface area contributed by atoms with E-state index >= 15 is 0 Å². The molecule has 0 radical (unpaired) electrons. The number of carbonyl (C=O) groups is 1. The van der Waals surface area contributed by atoms with Crippen molar-refractivity contribution in [3.8, 4) is 5.75 Å². The second-order valence-corrected chi connectivity index (χ2v) is 12.4. The van der Waals surface area contributed by atoms with Gasteiger partial charge in [-0.05, 0) is 74.3 Å². The van der Waals surface area contributed by atoms with Crippen LogP contribution in [0.5, 0.6) is 5.75 Å². The van der Waals surface area contributed by atoms with E-state index in [2.05, 4.69) is 6.58 Å². The topological polar surface area (TPSA) is 66.9 Å². The molecular formula is C30H32ClFN2O4S. The maximum absolute atomic E-state index is 13.5. The Balaban J connectivity index is 1.54. The molecule has 0 aromatic heterocycles. The van der Waals surface area contributed by atoms with Crippen LogP contribution in [-0.4, -0.2) is 50.7 Å². The van der Waals surface area contributed by atoms with Crippen LogP contribution in [0.4, 0.5) is 10.1 Å². The van der Waals surface area contributed by atoms with Crippen LogP contribution in [0.15, 0.2) is 84.4 Å². The number of hydrogen-bond acceptors (Lipinski definition) is 5. The molecule has 1 fully saturated rings. The van der Waals surface area contributed by atoms with Crippen LogP contribution in [0.1, 0.15) is 35.7 Å². The lowest BCUT2D eigenvalue weighted by Crippen LogP contribution is -2.36. The van der Waals surface area contributed by atoms with Crippen LogP contribution in [0, 0.1) is 5.82 Å². The van der Waals surface area contributed by atoms with Crippen molar-refractivity contribution in [1.82, 2.24) is 4.90 Å². The number of methoxy groups -OCH3 is 1.